The van der Waals surface area contributed by atoms with Crippen LogP contribution in [0.15, 0.2) is 12.1 Å². The average molecular weight is 349 g/mol. The van der Waals surface area contributed by atoms with Crippen LogP contribution in [-0.2, 0) is 11.2 Å². The number of phenolic OH excluding ortho intramolecular Hbond substituents is 1. The third kappa shape index (κ3) is 7.19. The van der Waals surface area contributed by atoms with Crippen LogP contribution < -0.4 is 0 Å². The number of ketones is 1. The highest BCUT2D eigenvalue weighted by Crippen LogP contribution is 2.35. The molecule has 0 aromatic heterocycles. The number of hydrogen-bond donors (Lipinski definition) is 2. The van der Waals surface area contributed by atoms with Crippen molar-refractivity contribution >= 4 is 5.78 Å². The number of Topliss-reactive ketones (excluding diaryl/α,β-unsaturated/α-hetero) is 1. The van der Waals surface area contributed by atoms with Crippen molar-refractivity contribution in [1.82, 2.24) is 0 Å². The van der Waals surface area contributed by atoms with Crippen LogP contribution in [0.1, 0.15) is 102 Å². The van der Waals surface area contributed by atoms with E-state index < -0.39 is 6.10 Å². The first kappa shape index (κ1) is 21.7. The van der Waals surface area contributed by atoms with Crippen LogP contribution in [0.3, 0.4) is 0 Å². The van der Waals surface area contributed by atoms with E-state index in [-0.39, 0.29) is 24.0 Å². The summed E-state index contributed by atoms with van der Waals surface area (Å²) in [6.07, 6.45) is 4.80. The summed E-state index contributed by atoms with van der Waals surface area (Å²) >= 11 is 0. The number of hydrogen-bond acceptors (Lipinski definition) is 3. The van der Waals surface area contributed by atoms with Gasteiger partial charge in [0.25, 0.3) is 0 Å². The third-order valence-corrected chi connectivity index (χ3v) is 4.77. The van der Waals surface area contributed by atoms with Gasteiger partial charge in [0, 0.05) is 12.8 Å². The second-order valence-electron chi connectivity index (χ2n) is 7.82. The van der Waals surface area contributed by atoms with Crippen molar-refractivity contribution < 1.29 is 15.0 Å². The third-order valence-electron chi connectivity index (χ3n) is 4.77. The zero-order valence-electron chi connectivity index (χ0n) is 16.6. The predicted octanol–water partition coefficient (Wildman–Crippen LogP) is 5.47. The summed E-state index contributed by atoms with van der Waals surface area (Å²) in [6, 6.07) is 4.05. The molecular weight excluding hydrogens is 312 g/mol. The number of aliphatic hydroxyl groups excluding tert-OH is 1. The van der Waals surface area contributed by atoms with Crippen molar-refractivity contribution in [2.45, 2.75) is 97.5 Å². The maximum absolute atomic E-state index is 12.2. The van der Waals surface area contributed by atoms with Crippen molar-refractivity contribution in [3.63, 3.8) is 0 Å². The molecule has 0 aliphatic heterocycles. The first-order valence-corrected chi connectivity index (χ1v) is 9.81. The molecule has 1 unspecified atom stereocenters. The lowest BCUT2D eigenvalue weighted by Gasteiger charge is -2.17. The highest BCUT2D eigenvalue weighted by molar-refractivity contribution is 5.79. The molecule has 0 amide bonds. The highest BCUT2D eigenvalue weighted by Gasteiger charge is 2.16. The van der Waals surface area contributed by atoms with Gasteiger partial charge in [-0.3, -0.25) is 4.79 Å². The van der Waals surface area contributed by atoms with Crippen LogP contribution in [0.2, 0.25) is 0 Å². The largest absolute Gasteiger partial charge is 0.507 e. The summed E-state index contributed by atoms with van der Waals surface area (Å²) in [6.45, 7) is 10.4. The van der Waals surface area contributed by atoms with Crippen molar-refractivity contribution in [2.75, 3.05) is 0 Å². The van der Waals surface area contributed by atoms with Crippen molar-refractivity contribution in [3.05, 3.63) is 28.8 Å². The van der Waals surface area contributed by atoms with E-state index in [0.29, 0.717) is 25.0 Å². The van der Waals surface area contributed by atoms with Crippen molar-refractivity contribution in [3.8, 4) is 5.75 Å². The number of unbranched alkanes of at least 4 members (excludes halogenated alkanes) is 2. The maximum Gasteiger partial charge on any atom is 0.135 e. The Morgan fingerprint density at radius 2 is 1.60 bits per heavy atom. The predicted molar refractivity (Wildman–Crippen MR) is 104 cm³/mol. The van der Waals surface area contributed by atoms with Gasteiger partial charge in [0.2, 0.25) is 0 Å². The van der Waals surface area contributed by atoms with Gasteiger partial charge in [-0.05, 0) is 41.4 Å². The summed E-state index contributed by atoms with van der Waals surface area (Å²) < 4.78 is 0. The highest BCUT2D eigenvalue weighted by atomic mass is 16.3. The molecule has 0 saturated heterocycles. The second-order valence-corrected chi connectivity index (χ2v) is 7.82. The van der Waals surface area contributed by atoms with Gasteiger partial charge in [0.1, 0.15) is 11.5 Å². The zero-order valence-corrected chi connectivity index (χ0v) is 16.6. The van der Waals surface area contributed by atoms with E-state index in [4.69, 9.17) is 0 Å². The van der Waals surface area contributed by atoms with Gasteiger partial charge in [-0.25, -0.2) is 0 Å². The molecule has 142 valence electrons. The van der Waals surface area contributed by atoms with E-state index in [9.17, 15) is 15.0 Å². The van der Waals surface area contributed by atoms with Crippen LogP contribution in [0.4, 0.5) is 0 Å². The Bertz CT molecular complexity index is 517. The Balaban J connectivity index is 2.68. The first-order chi connectivity index (χ1) is 11.8. The molecule has 0 aliphatic rings. The Hall–Kier alpha value is -1.35. The number of aliphatic hydroxyl groups is 1. The van der Waals surface area contributed by atoms with E-state index in [0.717, 1.165) is 36.0 Å². The SMILES string of the molecule is CCCCCC(O)CC(=O)CCc1cc(C(C)C)c(O)c(C(C)C)c1. The summed E-state index contributed by atoms with van der Waals surface area (Å²) in [5.41, 5.74) is 3.00. The van der Waals surface area contributed by atoms with E-state index in [1.165, 1.54) is 0 Å². The Labute approximate surface area is 153 Å². The summed E-state index contributed by atoms with van der Waals surface area (Å²) in [7, 11) is 0. The molecule has 1 rings (SSSR count). The summed E-state index contributed by atoms with van der Waals surface area (Å²) in [5, 5.41) is 20.4. The van der Waals surface area contributed by atoms with E-state index in [2.05, 4.69) is 34.6 Å². The van der Waals surface area contributed by atoms with Crippen LogP contribution in [-0.4, -0.2) is 22.1 Å². The maximum atomic E-state index is 12.2. The molecule has 0 aliphatic carbocycles. The Morgan fingerprint density at radius 3 is 2.08 bits per heavy atom. The molecule has 0 bridgehead atoms. The molecule has 0 radical (unpaired) electrons. The molecule has 1 aromatic carbocycles. The summed E-state index contributed by atoms with van der Waals surface area (Å²) in [5.74, 6) is 1.00. The van der Waals surface area contributed by atoms with Gasteiger partial charge < -0.3 is 10.2 Å². The quantitative estimate of drug-likeness (QED) is 0.521. The standard InChI is InChI=1S/C22H36O3/c1-6-7-8-9-18(23)14-19(24)11-10-17-12-20(15(2)3)22(25)21(13-17)16(4)5/h12-13,15-16,18,23,25H,6-11,14H2,1-5H3. The fourth-order valence-corrected chi connectivity index (χ4v) is 3.15. The first-order valence-electron chi connectivity index (χ1n) is 9.81. The topological polar surface area (TPSA) is 57.5 Å². The van der Waals surface area contributed by atoms with Gasteiger partial charge in [0.05, 0.1) is 6.10 Å². The Morgan fingerprint density at radius 1 is 1.04 bits per heavy atom. The fourth-order valence-electron chi connectivity index (χ4n) is 3.15. The smallest absolute Gasteiger partial charge is 0.135 e. The molecule has 0 fully saturated rings. The number of aromatic hydroxyl groups is 1. The minimum atomic E-state index is -0.503. The van der Waals surface area contributed by atoms with Crippen molar-refractivity contribution in [2.24, 2.45) is 0 Å². The van der Waals surface area contributed by atoms with E-state index in [1.54, 1.807) is 0 Å². The van der Waals surface area contributed by atoms with Crippen molar-refractivity contribution in [1.29, 1.82) is 0 Å². The normalized spacial score (nSPS) is 12.8. The van der Waals surface area contributed by atoms with Crippen LogP contribution in [0.5, 0.6) is 5.75 Å². The van der Waals surface area contributed by atoms with Crippen LogP contribution in [0, 0.1) is 0 Å². The lowest BCUT2D eigenvalue weighted by Crippen LogP contribution is -2.14. The average Bonchev–Trinajstić information content (AvgIpc) is 2.53. The molecule has 3 heteroatoms. The monoisotopic (exact) mass is 348 g/mol. The molecular formula is C22H36O3. The molecule has 2 N–H and O–H groups in total. The van der Waals surface area contributed by atoms with Gasteiger partial charge in [0.15, 0.2) is 0 Å². The van der Waals surface area contributed by atoms with E-state index in [1.807, 2.05) is 12.1 Å². The van der Waals surface area contributed by atoms with Crippen LogP contribution >= 0.6 is 0 Å². The second kappa shape index (κ2) is 10.6. The molecule has 3 nitrogen and oxygen atoms in total. The molecule has 1 aromatic rings. The molecule has 0 saturated carbocycles. The number of carbonyl (C=O) groups is 1. The zero-order chi connectivity index (χ0) is 19.0. The lowest BCUT2D eigenvalue weighted by molar-refractivity contribution is -0.121. The van der Waals surface area contributed by atoms with E-state index >= 15 is 0 Å². The van der Waals surface area contributed by atoms with Gasteiger partial charge in [-0.15, -0.1) is 0 Å². The lowest BCUT2D eigenvalue weighted by atomic mass is 9.90. The summed E-state index contributed by atoms with van der Waals surface area (Å²) in [4.78, 5) is 12.2. The minimum Gasteiger partial charge on any atom is -0.507 e. The van der Waals surface area contributed by atoms with Gasteiger partial charge >= 0.3 is 0 Å². The number of phenols is 1. The molecule has 0 heterocycles. The number of rotatable bonds is 11. The fraction of sp³-hybridized carbons (Fsp3) is 0.682. The minimum absolute atomic E-state index is 0.120. The molecule has 1 atom stereocenters. The Kier molecular flexibility index (Phi) is 9.20. The van der Waals surface area contributed by atoms with Crippen LogP contribution in [0.25, 0.3) is 0 Å². The number of benzene rings is 1. The number of aryl methyl sites for hydroxylation is 1. The number of carbonyl (C=O) groups excluding carboxylic acids is 1. The van der Waals surface area contributed by atoms with Gasteiger partial charge in [-0.2, -0.15) is 0 Å². The van der Waals surface area contributed by atoms with Gasteiger partial charge in [-0.1, -0.05) is 66.0 Å². The molecule has 25 heavy (non-hydrogen) atoms. The molecule has 0 spiro atoms.